The summed E-state index contributed by atoms with van der Waals surface area (Å²) < 4.78 is 22.1. The van der Waals surface area contributed by atoms with Gasteiger partial charge in [-0.15, -0.1) is 0 Å². The Hall–Kier alpha value is -0.760. The quantitative estimate of drug-likeness (QED) is 0.0280. The van der Waals surface area contributed by atoms with Gasteiger partial charge in [0.2, 0.25) is 5.91 Å². The molecule has 0 aromatic heterocycles. The lowest BCUT2D eigenvalue weighted by molar-refractivity contribution is -0.123. The number of unbranched alkanes of at least 4 members (excludes halogenated alkanes) is 28. The van der Waals surface area contributed by atoms with Crippen LogP contribution >= 0.6 is 7.82 Å². The van der Waals surface area contributed by atoms with E-state index in [0.717, 1.165) is 38.5 Å². The summed E-state index contributed by atoms with van der Waals surface area (Å²) in [6, 6.07) is -0.853. The van der Waals surface area contributed by atoms with E-state index in [1.807, 2.05) is 6.08 Å². The molecule has 8 nitrogen and oxygen atoms in total. The highest BCUT2D eigenvalue weighted by Crippen LogP contribution is 2.43. The topological polar surface area (TPSA) is 131 Å². The first-order chi connectivity index (χ1) is 24.4. The van der Waals surface area contributed by atoms with Crippen LogP contribution in [0.15, 0.2) is 12.2 Å². The highest BCUT2D eigenvalue weighted by Gasteiger charge is 2.26. The highest BCUT2D eigenvalue weighted by molar-refractivity contribution is 7.47. The predicted molar refractivity (Wildman–Crippen MR) is 212 cm³/mol. The number of aliphatic hydroxyl groups excluding tert-OH is 1. The second kappa shape index (κ2) is 38.0. The molecule has 0 aromatic rings. The summed E-state index contributed by atoms with van der Waals surface area (Å²) in [5.41, 5.74) is 5.37. The Kier molecular flexibility index (Phi) is 37.4. The van der Waals surface area contributed by atoms with E-state index >= 15 is 0 Å². The Bertz CT molecular complexity index is 799. The first-order valence-electron chi connectivity index (χ1n) is 21.3. The molecule has 50 heavy (non-hydrogen) atoms. The molecule has 0 saturated heterocycles. The summed E-state index contributed by atoms with van der Waals surface area (Å²) in [7, 11) is -4.33. The summed E-state index contributed by atoms with van der Waals surface area (Å²) in [5, 5.41) is 13.7. The lowest BCUT2D eigenvalue weighted by Crippen LogP contribution is -2.45. The van der Waals surface area contributed by atoms with Crippen LogP contribution in [0.1, 0.15) is 213 Å². The molecule has 9 heteroatoms. The van der Waals surface area contributed by atoms with Crippen LogP contribution in [0.2, 0.25) is 0 Å². The third-order valence-electron chi connectivity index (χ3n) is 9.61. The minimum atomic E-state index is -4.33. The minimum absolute atomic E-state index is 0.0813. The molecule has 1 unspecified atom stereocenters. The number of carbonyl (C=O) groups is 1. The van der Waals surface area contributed by atoms with Crippen molar-refractivity contribution in [3.8, 4) is 0 Å². The maximum Gasteiger partial charge on any atom is 0.472 e. The number of amides is 1. The van der Waals surface area contributed by atoms with Crippen LogP contribution in [-0.2, 0) is 18.4 Å². The zero-order valence-corrected chi connectivity index (χ0v) is 33.8. The number of phosphoric acid groups is 1. The van der Waals surface area contributed by atoms with Crippen molar-refractivity contribution in [1.29, 1.82) is 0 Å². The molecular weight excluding hydrogens is 647 g/mol. The average molecular weight is 731 g/mol. The maximum absolute atomic E-state index is 12.7. The van der Waals surface area contributed by atoms with Crippen molar-refractivity contribution in [2.75, 3.05) is 19.8 Å². The van der Waals surface area contributed by atoms with Crippen LogP contribution < -0.4 is 11.1 Å². The van der Waals surface area contributed by atoms with Crippen molar-refractivity contribution in [2.45, 2.75) is 225 Å². The van der Waals surface area contributed by atoms with Crippen LogP contribution in [-0.4, -0.2) is 47.8 Å². The number of nitrogens with two attached hydrogens (primary N) is 1. The molecule has 0 aliphatic carbocycles. The third-order valence-corrected chi connectivity index (χ3v) is 10.6. The lowest BCUT2D eigenvalue weighted by Gasteiger charge is -2.23. The first kappa shape index (κ1) is 49.2. The van der Waals surface area contributed by atoms with Gasteiger partial charge in [-0.05, 0) is 19.3 Å². The molecule has 0 rings (SSSR count). The van der Waals surface area contributed by atoms with Crippen LogP contribution in [0.25, 0.3) is 0 Å². The van der Waals surface area contributed by atoms with Gasteiger partial charge < -0.3 is 21.1 Å². The molecule has 0 aliphatic rings. The molecule has 5 N–H and O–H groups in total. The number of hydrogen-bond donors (Lipinski definition) is 4. The molecule has 0 heterocycles. The summed E-state index contributed by atoms with van der Waals surface area (Å²) in [5.74, 6) is -0.192. The lowest BCUT2D eigenvalue weighted by atomic mass is 10.0. The van der Waals surface area contributed by atoms with Crippen molar-refractivity contribution in [2.24, 2.45) is 5.73 Å². The van der Waals surface area contributed by atoms with Crippen LogP contribution in [0.3, 0.4) is 0 Å². The van der Waals surface area contributed by atoms with Crippen molar-refractivity contribution < 1.29 is 28.4 Å². The second-order valence-electron chi connectivity index (χ2n) is 14.6. The van der Waals surface area contributed by atoms with E-state index in [0.29, 0.717) is 6.42 Å². The smallest absolute Gasteiger partial charge is 0.387 e. The van der Waals surface area contributed by atoms with Gasteiger partial charge in [0.15, 0.2) is 0 Å². The van der Waals surface area contributed by atoms with E-state index in [9.17, 15) is 19.4 Å². The average Bonchev–Trinajstić information content (AvgIpc) is 3.10. The molecule has 0 fully saturated rings. The fraction of sp³-hybridized carbons (Fsp3) is 0.927. The molecule has 0 bridgehead atoms. The molecule has 298 valence electrons. The van der Waals surface area contributed by atoms with Gasteiger partial charge in [-0.1, -0.05) is 199 Å². The second-order valence-corrected chi connectivity index (χ2v) is 16.0. The number of hydrogen-bond acceptors (Lipinski definition) is 6. The van der Waals surface area contributed by atoms with Crippen molar-refractivity contribution in [3.63, 3.8) is 0 Å². The summed E-state index contributed by atoms with van der Waals surface area (Å²) in [6.45, 7) is 4.15. The Labute approximate surface area is 309 Å². The molecule has 3 atom stereocenters. The van der Waals surface area contributed by atoms with Crippen molar-refractivity contribution >= 4 is 13.7 Å². The largest absolute Gasteiger partial charge is 0.472 e. The number of phosphoric ester groups is 1. The Morgan fingerprint density at radius 1 is 0.640 bits per heavy atom. The summed E-state index contributed by atoms with van der Waals surface area (Å²) >= 11 is 0. The van der Waals surface area contributed by atoms with Gasteiger partial charge in [0.1, 0.15) is 0 Å². The van der Waals surface area contributed by atoms with E-state index in [1.165, 1.54) is 154 Å². The van der Waals surface area contributed by atoms with Crippen LogP contribution in [0, 0.1) is 0 Å². The van der Waals surface area contributed by atoms with Crippen LogP contribution in [0.4, 0.5) is 0 Å². The zero-order valence-electron chi connectivity index (χ0n) is 32.9. The molecule has 0 saturated carbocycles. The maximum atomic E-state index is 12.7. The molecule has 0 radical (unpaired) electrons. The fourth-order valence-electron chi connectivity index (χ4n) is 6.37. The van der Waals surface area contributed by atoms with E-state index in [1.54, 1.807) is 6.08 Å². The van der Waals surface area contributed by atoms with Gasteiger partial charge in [-0.25, -0.2) is 4.57 Å². The molecular formula is C41H83N2O6P. The van der Waals surface area contributed by atoms with Gasteiger partial charge in [0, 0.05) is 13.0 Å². The third kappa shape index (κ3) is 35.6. The SMILES string of the molecule is CCCCCCCCCCCCCCCCC/C=C/[C@@H](O)[C@H](COP(=O)(O)OCCN)NC(=O)CCCCCCCCCCCCCCCC. The molecule has 0 aromatic carbocycles. The number of carbonyl (C=O) groups excluding carboxylic acids is 1. The van der Waals surface area contributed by atoms with Crippen molar-refractivity contribution in [1.82, 2.24) is 5.32 Å². The highest BCUT2D eigenvalue weighted by atomic mass is 31.2. The number of nitrogens with one attached hydrogen (secondary N) is 1. The molecule has 0 aliphatic heterocycles. The number of allylic oxidation sites excluding steroid dienone is 1. The normalized spacial score (nSPS) is 14.3. The van der Waals surface area contributed by atoms with E-state index < -0.39 is 20.0 Å². The van der Waals surface area contributed by atoms with Gasteiger partial charge in [0.05, 0.1) is 25.4 Å². The number of aliphatic hydroxyl groups is 1. The Balaban J connectivity index is 4.21. The monoisotopic (exact) mass is 731 g/mol. The first-order valence-corrected chi connectivity index (χ1v) is 22.8. The standard InChI is InChI=1S/C41H83N2O6P/c1-3-5-7-9-11-13-15-17-19-20-21-22-24-26-28-30-32-34-40(44)39(38-49-50(46,47)48-37-36-42)43-41(45)35-33-31-29-27-25-23-18-16-14-12-10-8-6-4-2/h32,34,39-40,44H,3-31,33,35-38,42H2,1-2H3,(H,43,45)(H,46,47)/b34-32+/t39-,40+/m0/s1. The summed E-state index contributed by atoms with van der Waals surface area (Å²) in [6.07, 6.45) is 41.1. The van der Waals surface area contributed by atoms with Gasteiger partial charge in [-0.2, -0.15) is 0 Å². The zero-order chi connectivity index (χ0) is 36.8. The summed E-state index contributed by atoms with van der Waals surface area (Å²) in [4.78, 5) is 22.7. The van der Waals surface area contributed by atoms with Gasteiger partial charge in [-0.3, -0.25) is 13.8 Å². The minimum Gasteiger partial charge on any atom is -0.387 e. The fourth-order valence-corrected chi connectivity index (χ4v) is 7.13. The Morgan fingerprint density at radius 3 is 1.42 bits per heavy atom. The van der Waals surface area contributed by atoms with E-state index in [4.69, 9.17) is 14.8 Å². The van der Waals surface area contributed by atoms with Gasteiger partial charge in [0.25, 0.3) is 0 Å². The predicted octanol–water partition coefficient (Wildman–Crippen LogP) is 11.6. The van der Waals surface area contributed by atoms with E-state index in [2.05, 4.69) is 19.2 Å². The molecule has 0 spiro atoms. The van der Waals surface area contributed by atoms with E-state index in [-0.39, 0.29) is 25.7 Å². The van der Waals surface area contributed by atoms with Crippen molar-refractivity contribution in [3.05, 3.63) is 12.2 Å². The Morgan fingerprint density at radius 2 is 1.02 bits per heavy atom. The van der Waals surface area contributed by atoms with Crippen LogP contribution in [0.5, 0.6) is 0 Å². The number of rotatable bonds is 40. The van der Waals surface area contributed by atoms with Gasteiger partial charge >= 0.3 is 7.82 Å². The molecule has 1 amide bonds.